The first-order valence-electron chi connectivity index (χ1n) is 5.79. The van der Waals surface area contributed by atoms with Crippen LogP contribution in [0.2, 0.25) is 0 Å². The van der Waals surface area contributed by atoms with Gasteiger partial charge in [-0.1, -0.05) is 34.6 Å². The lowest BCUT2D eigenvalue weighted by atomic mass is 9.95. The first-order valence-corrected chi connectivity index (χ1v) is 5.79. The van der Waals surface area contributed by atoms with Crippen molar-refractivity contribution in [3.05, 3.63) is 0 Å². The van der Waals surface area contributed by atoms with Crippen molar-refractivity contribution in [1.29, 1.82) is 0 Å². The normalized spacial score (nSPS) is 27.9. The van der Waals surface area contributed by atoms with Gasteiger partial charge in [0.05, 0.1) is 12.2 Å². The SMILES string of the molecule is CC(C)C1NC(C)N(CC(C)(C)C)C1=O. The molecule has 0 aromatic heterocycles. The van der Waals surface area contributed by atoms with Gasteiger partial charge in [-0.05, 0) is 18.3 Å². The molecule has 2 unspecified atom stereocenters. The maximum absolute atomic E-state index is 12.1. The van der Waals surface area contributed by atoms with Crippen LogP contribution < -0.4 is 5.32 Å². The zero-order valence-electron chi connectivity index (χ0n) is 10.8. The van der Waals surface area contributed by atoms with Gasteiger partial charge in [-0.2, -0.15) is 0 Å². The summed E-state index contributed by atoms with van der Waals surface area (Å²) in [6, 6.07) is 0.00218. The highest BCUT2D eigenvalue weighted by molar-refractivity contribution is 5.84. The molecule has 1 aliphatic rings. The highest BCUT2D eigenvalue weighted by Gasteiger charge is 2.39. The second kappa shape index (κ2) is 4.12. The fourth-order valence-corrected chi connectivity index (χ4v) is 1.99. The lowest BCUT2D eigenvalue weighted by molar-refractivity contribution is -0.131. The van der Waals surface area contributed by atoms with Crippen LogP contribution in [0.25, 0.3) is 0 Å². The van der Waals surface area contributed by atoms with Gasteiger partial charge in [0.1, 0.15) is 0 Å². The van der Waals surface area contributed by atoms with Gasteiger partial charge in [0.15, 0.2) is 0 Å². The number of hydrogen-bond donors (Lipinski definition) is 1. The van der Waals surface area contributed by atoms with E-state index in [2.05, 4.69) is 46.9 Å². The molecular formula is C12H24N2O. The van der Waals surface area contributed by atoms with E-state index in [0.717, 1.165) is 6.54 Å². The van der Waals surface area contributed by atoms with E-state index in [1.54, 1.807) is 0 Å². The molecule has 1 fully saturated rings. The van der Waals surface area contributed by atoms with Gasteiger partial charge in [0, 0.05) is 6.54 Å². The molecular weight excluding hydrogens is 188 g/mol. The summed E-state index contributed by atoms with van der Waals surface area (Å²) in [4.78, 5) is 14.1. The lowest BCUT2D eigenvalue weighted by Gasteiger charge is -2.29. The van der Waals surface area contributed by atoms with Gasteiger partial charge in [-0.25, -0.2) is 0 Å². The molecule has 1 rings (SSSR count). The van der Waals surface area contributed by atoms with Crippen LogP contribution in [0.5, 0.6) is 0 Å². The molecule has 15 heavy (non-hydrogen) atoms. The van der Waals surface area contributed by atoms with Crippen LogP contribution in [0.4, 0.5) is 0 Å². The summed E-state index contributed by atoms with van der Waals surface area (Å²) in [6.07, 6.45) is 0.170. The van der Waals surface area contributed by atoms with Gasteiger partial charge >= 0.3 is 0 Å². The van der Waals surface area contributed by atoms with Crippen molar-refractivity contribution in [3.8, 4) is 0 Å². The van der Waals surface area contributed by atoms with E-state index in [4.69, 9.17) is 0 Å². The van der Waals surface area contributed by atoms with E-state index in [-0.39, 0.29) is 23.5 Å². The standard InChI is InChI=1S/C12H24N2O/c1-8(2)10-11(15)14(9(3)13-10)7-12(4,5)6/h8-10,13H,7H2,1-6H3. The summed E-state index contributed by atoms with van der Waals surface area (Å²) < 4.78 is 0. The van der Waals surface area contributed by atoms with E-state index in [0.29, 0.717) is 5.92 Å². The zero-order valence-corrected chi connectivity index (χ0v) is 10.8. The van der Waals surface area contributed by atoms with Crippen molar-refractivity contribution in [1.82, 2.24) is 10.2 Å². The third-order valence-electron chi connectivity index (χ3n) is 2.75. The molecule has 3 heteroatoms. The number of hydrogen-bond acceptors (Lipinski definition) is 2. The largest absolute Gasteiger partial charge is 0.326 e. The second-order valence-electron chi connectivity index (χ2n) is 6.09. The molecule has 1 saturated heterocycles. The maximum atomic E-state index is 12.1. The summed E-state index contributed by atoms with van der Waals surface area (Å²) in [5.41, 5.74) is 0.164. The van der Waals surface area contributed by atoms with Gasteiger partial charge in [0.2, 0.25) is 5.91 Å². The van der Waals surface area contributed by atoms with Gasteiger partial charge < -0.3 is 4.90 Å². The third-order valence-corrected chi connectivity index (χ3v) is 2.75. The van der Waals surface area contributed by atoms with Crippen molar-refractivity contribution in [3.63, 3.8) is 0 Å². The van der Waals surface area contributed by atoms with Crippen LogP contribution in [0.3, 0.4) is 0 Å². The molecule has 2 atom stereocenters. The van der Waals surface area contributed by atoms with Crippen molar-refractivity contribution in [2.75, 3.05) is 6.54 Å². The Morgan fingerprint density at radius 3 is 2.27 bits per heavy atom. The zero-order chi connectivity index (χ0) is 11.8. The quantitative estimate of drug-likeness (QED) is 0.757. The van der Waals surface area contributed by atoms with Crippen molar-refractivity contribution in [2.45, 2.75) is 53.8 Å². The van der Waals surface area contributed by atoms with Crippen LogP contribution in [0.15, 0.2) is 0 Å². The van der Waals surface area contributed by atoms with E-state index in [1.165, 1.54) is 0 Å². The minimum atomic E-state index is 0.00218. The smallest absolute Gasteiger partial charge is 0.241 e. The molecule has 0 aromatic rings. The lowest BCUT2D eigenvalue weighted by Crippen LogP contribution is -2.40. The third kappa shape index (κ3) is 2.94. The molecule has 0 spiro atoms. The van der Waals surface area contributed by atoms with Crippen LogP contribution in [-0.2, 0) is 4.79 Å². The molecule has 0 bridgehead atoms. The van der Waals surface area contributed by atoms with Crippen LogP contribution in [0, 0.1) is 11.3 Å². The molecule has 1 N–H and O–H groups in total. The molecule has 0 radical (unpaired) electrons. The topological polar surface area (TPSA) is 32.3 Å². The summed E-state index contributed by atoms with van der Waals surface area (Å²) in [5.74, 6) is 0.623. The number of carbonyl (C=O) groups excluding carboxylic acids is 1. The predicted octanol–water partition coefficient (Wildman–Crippen LogP) is 1.83. The highest BCUT2D eigenvalue weighted by Crippen LogP contribution is 2.22. The minimum Gasteiger partial charge on any atom is -0.326 e. The van der Waals surface area contributed by atoms with E-state index < -0.39 is 0 Å². The molecule has 1 aliphatic heterocycles. The molecule has 3 nitrogen and oxygen atoms in total. The van der Waals surface area contributed by atoms with E-state index >= 15 is 0 Å². The Kier molecular flexibility index (Phi) is 3.44. The monoisotopic (exact) mass is 212 g/mol. The Hall–Kier alpha value is -0.570. The van der Waals surface area contributed by atoms with Crippen molar-refractivity contribution < 1.29 is 4.79 Å². The average Bonchev–Trinajstić information content (AvgIpc) is 2.29. The first kappa shape index (κ1) is 12.5. The summed E-state index contributed by atoms with van der Waals surface area (Å²) in [6.45, 7) is 13.5. The van der Waals surface area contributed by atoms with E-state index in [1.807, 2.05) is 4.90 Å². The van der Waals surface area contributed by atoms with Crippen LogP contribution in [-0.4, -0.2) is 29.6 Å². The second-order valence-corrected chi connectivity index (χ2v) is 6.09. The number of nitrogens with zero attached hydrogens (tertiary/aromatic N) is 1. The molecule has 1 heterocycles. The Labute approximate surface area is 93.2 Å². The molecule has 0 saturated carbocycles. The fraction of sp³-hybridized carbons (Fsp3) is 0.917. The van der Waals surface area contributed by atoms with E-state index in [9.17, 15) is 4.79 Å². The first-order chi connectivity index (χ1) is 6.72. The van der Waals surface area contributed by atoms with Crippen molar-refractivity contribution >= 4 is 5.91 Å². The Morgan fingerprint density at radius 2 is 1.93 bits per heavy atom. The molecule has 0 aliphatic carbocycles. The number of amides is 1. The minimum absolute atomic E-state index is 0.00218. The Bertz CT molecular complexity index is 242. The van der Waals surface area contributed by atoms with Gasteiger partial charge in [0.25, 0.3) is 0 Å². The van der Waals surface area contributed by atoms with Crippen LogP contribution in [0.1, 0.15) is 41.5 Å². The molecule has 0 aromatic carbocycles. The number of rotatable bonds is 2. The number of carbonyl (C=O) groups is 1. The fourth-order valence-electron chi connectivity index (χ4n) is 1.99. The average molecular weight is 212 g/mol. The Balaban J connectivity index is 2.71. The Morgan fingerprint density at radius 1 is 1.40 bits per heavy atom. The number of nitrogens with one attached hydrogen (secondary N) is 1. The summed E-state index contributed by atoms with van der Waals surface area (Å²) in [7, 11) is 0. The molecule has 1 amide bonds. The summed E-state index contributed by atoms with van der Waals surface area (Å²) >= 11 is 0. The van der Waals surface area contributed by atoms with Gasteiger partial charge in [-0.15, -0.1) is 0 Å². The maximum Gasteiger partial charge on any atom is 0.241 e. The van der Waals surface area contributed by atoms with Crippen molar-refractivity contribution in [2.24, 2.45) is 11.3 Å². The molecule has 88 valence electrons. The van der Waals surface area contributed by atoms with Gasteiger partial charge in [-0.3, -0.25) is 10.1 Å². The van der Waals surface area contributed by atoms with Crippen LogP contribution >= 0.6 is 0 Å². The summed E-state index contributed by atoms with van der Waals surface area (Å²) in [5, 5.41) is 3.35. The predicted molar refractivity (Wildman–Crippen MR) is 62.4 cm³/mol. The highest BCUT2D eigenvalue weighted by atomic mass is 16.2.